The van der Waals surface area contributed by atoms with Gasteiger partial charge in [0, 0.05) is 49.2 Å². The van der Waals surface area contributed by atoms with Crippen LogP contribution in [0.1, 0.15) is 24.2 Å². The van der Waals surface area contributed by atoms with Gasteiger partial charge in [-0.25, -0.2) is 0 Å². The number of aliphatic hydroxyl groups is 1. The first kappa shape index (κ1) is 22.3. The second-order valence-electron chi connectivity index (χ2n) is 7.95. The number of aliphatic hydroxyl groups excluding tert-OH is 1. The predicted molar refractivity (Wildman–Crippen MR) is 122 cm³/mol. The molecule has 1 saturated heterocycles. The molecule has 1 amide bonds. The minimum atomic E-state index is -0.586. The maximum atomic E-state index is 12.7. The van der Waals surface area contributed by atoms with Gasteiger partial charge in [0.1, 0.15) is 5.75 Å². The summed E-state index contributed by atoms with van der Waals surface area (Å²) < 4.78 is 11.4. The highest BCUT2D eigenvalue weighted by Crippen LogP contribution is 2.28. The molecule has 0 aliphatic carbocycles. The summed E-state index contributed by atoms with van der Waals surface area (Å²) in [4.78, 5) is 21.8. The van der Waals surface area contributed by atoms with Crippen LogP contribution < -0.4 is 10.1 Å². The summed E-state index contributed by atoms with van der Waals surface area (Å²) in [5.74, 6) is 0.649. The Balaban J connectivity index is 1.33. The molecule has 0 saturated carbocycles. The molecule has 4 rings (SSSR count). The molecule has 1 fully saturated rings. The van der Waals surface area contributed by atoms with Crippen molar-refractivity contribution < 1.29 is 19.4 Å². The van der Waals surface area contributed by atoms with Crippen LogP contribution in [0.2, 0.25) is 0 Å². The van der Waals surface area contributed by atoms with E-state index in [1.165, 1.54) is 0 Å². The molecular weight excluding hydrogens is 408 g/mol. The Bertz CT molecular complexity index is 1020. The number of carbonyl (C=O) groups is 1. The van der Waals surface area contributed by atoms with Crippen LogP contribution in [0.5, 0.6) is 5.75 Å². The molecule has 8 nitrogen and oxygen atoms in total. The minimum Gasteiger partial charge on any atom is -0.479 e. The first-order valence-corrected chi connectivity index (χ1v) is 11.0. The van der Waals surface area contributed by atoms with Gasteiger partial charge in [0.05, 0.1) is 24.8 Å². The predicted octanol–water partition coefficient (Wildman–Crippen LogP) is 2.05. The SMILES string of the molecule is C[C@@H](Oc1cccc2c(CCNC[C@H](O)c3cccnc3)c[nH]c12)C(=O)N1CCOCC1. The third-order valence-electron chi connectivity index (χ3n) is 5.72. The number of amides is 1. The Labute approximate surface area is 187 Å². The van der Waals surface area contributed by atoms with Gasteiger partial charge in [-0.15, -0.1) is 0 Å². The summed E-state index contributed by atoms with van der Waals surface area (Å²) in [7, 11) is 0. The highest BCUT2D eigenvalue weighted by atomic mass is 16.5. The van der Waals surface area contributed by atoms with Crippen molar-refractivity contribution in [3.05, 3.63) is 60.0 Å². The summed E-state index contributed by atoms with van der Waals surface area (Å²) in [6.45, 7) is 5.32. The van der Waals surface area contributed by atoms with E-state index in [9.17, 15) is 9.90 Å². The smallest absolute Gasteiger partial charge is 0.263 e. The third-order valence-corrected chi connectivity index (χ3v) is 5.72. The number of para-hydroxylation sites is 1. The number of rotatable bonds is 9. The van der Waals surface area contributed by atoms with Crippen LogP contribution in [-0.4, -0.2) is 71.4 Å². The Morgan fingerprint density at radius 3 is 2.94 bits per heavy atom. The molecule has 8 heteroatoms. The summed E-state index contributed by atoms with van der Waals surface area (Å²) in [5.41, 5.74) is 2.84. The number of nitrogens with one attached hydrogen (secondary N) is 2. The van der Waals surface area contributed by atoms with Crippen LogP contribution in [0.3, 0.4) is 0 Å². The number of nitrogens with zero attached hydrogens (tertiary/aromatic N) is 2. The quantitative estimate of drug-likeness (QED) is 0.442. The lowest BCUT2D eigenvalue weighted by atomic mass is 10.1. The molecule has 0 unspecified atom stereocenters. The second kappa shape index (κ2) is 10.6. The monoisotopic (exact) mass is 438 g/mol. The van der Waals surface area contributed by atoms with Crippen molar-refractivity contribution in [1.82, 2.24) is 20.2 Å². The lowest BCUT2D eigenvalue weighted by Crippen LogP contribution is -2.46. The van der Waals surface area contributed by atoms with Gasteiger partial charge in [-0.3, -0.25) is 9.78 Å². The van der Waals surface area contributed by atoms with Crippen molar-refractivity contribution in [2.75, 3.05) is 39.4 Å². The minimum absolute atomic E-state index is 0.0199. The van der Waals surface area contributed by atoms with E-state index in [0.29, 0.717) is 38.6 Å². The van der Waals surface area contributed by atoms with Gasteiger partial charge in [-0.1, -0.05) is 18.2 Å². The van der Waals surface area contributed by atoms with Crippen molar-refractivity contribution in [3.63, 3.8) is 0 Å². The van der Waals surface area contributed by atoms with Gasteiger partial charge in [-0.2, -0.15) is 0 Å². The largest absolute Gasteiger partial charge is 0.479 e. The number of fused-ring (bicyclic) bond motifs is 1. The van der Waals surface area contributed by atoms with E-state index in [0.717, 1.165) is 35.0 Å². The molecule has 2 aromatic heterocycles. The van der Waals surface area contributed by atoms with Crippen LogP contribution in [0.15, 0.2) is 48.9 Å². The molecule has 3 aromatic rings. The van der Waals surface area contributed by atoms with E-state index in [1.54, 1.807) is 24.2 Å². The van der Waals surface area contributed by atoms with E-state index in [1.807, 2.05) is 36.5 Å². The number of benzene rings is 1. The summed E-state index contributed by atoms with van der Waals surface area (Å²) >= 11 is 0. The number of aromatic nitrogens is 2. The van der Waals surface area contributed by atoms with Crippen LogP contribution >= 0.6 is 0 Å². The van der Waals surface area contributed by atoms with Crippen LogP contribution in [0.4, 0.5) is 0 Å². The molecule has 3 N–H and O–H groups in total. The zero-order valence-electron chi connectivity index (χ0n) is 18.3. The number of aromatic amines is 1. The van der Waals surface area contributed by atoms with Gasteiger partial charge in [-0.05, 0) is 37.6 Å². The first-order chi connectivity index (χ1) is 15.6. The summed E-state index contributed by atoms with van der Waals surface area (Å²) in [6, 6.07) is 9.56. The Hall–Kier alpha value is -2.94. The van der Waals surface area contributed by atoms with Crippen molar-refractivity contribution in [2.24, 2.45) is 0 Å². The number of morpholine rings is 1. The number of hydrogen-bond donors (Lipinski definition) is 3. The average Bonchev–Trinajstić information content (AvgIpc) is 3.26. The van der Waals surface area contributed by atoms with E-state index >= 15 is 0 Å². The molecular formula is C24H30N4O4. The van der Waals surface area contributed by atoms with Crippen LogP contribution in [-0.2, 0) is 16.0 Å². The molecule has 170 valence electrons. The molecule has 3 heterocycles. The van der Waals surface area contributed by atoms with Crippen LogP contribution in [0.25, 0.3) is 10.9 Å². The number of pyridine rings is 1. The topological polar surface area (TPSA) is 99.7 Å². The van der Waals surface area contributed by atoms with Gasteiger partial charge < -0.3 is 29.8 Å². The van der Waals surface area contributed by atoms with Crippen molar-refractivity contribution in [2.45, 2.75) is 25.6 Å². The number of hydrogen-bond acceptors (Lipinski definition) is 6. The molecule has 32 heavy (non-hydrogen) atoms. The normalized spacial score (nSPS) is 16.1. The highest BCUT2D eigenvalue weighted by molar-refractivity contribution is 5.89. The van der Waals surface area contributed by atoms with Crippen molar-refractivity contribution in [1.29, 1.82) is 0 Å². The Morgan fingerprint density at radius 2 is 2.16 bits per heavy atom. The first-order valence-electron chi connectivity index (χ1n) is 11.0. The zero-order chi connectivity index (χ0) is 22.3. The second-order valence-corrected chi connectivity index (χ2v) is 7.95. The van der Waals surface area contributed by atoms with E-state index in [-0.39, 0.29) is 5.91 Å². The Morgan fingerprint density at radius 1 is 1.31 bits per heavy atom. The molecule has 0 spiro atoms. The number of carbonyl (C=O) groups excluding carboxylic acids is 1. The van der Waals surface area contributed by atoms with Gasteiger partial charge in [0.25, 0.3) is 5.91 Å². The van der Waals surface area contributed by atoms with Gasteiger partial charge in [0.2, 0.25) is 0 Å². The molecule has 2 atom stereocenters. The lowest BCUT2D eigenvalue weighted by molar-refractivity contribution is -0.142. The molecule has 0 radical (unpaired) electrons. The third kappa shape index (κ3) is 5.27. The van der Waals surface area contributed by atoms with Gasteiger partial charge in [0.15, 0.2) is 6.10 Å². The van der Waals surface area contributed by atoms with E-state index in [4.69, 9.17) is 9.47 Å². The lowest BCUT2D eigenvalue weighted by Gasteiger charge is -2.29. The Kier molecular flexibility index (Phi) is 7.36. The van der Waals surface area contributed by atoms with E-state index < -0.39 is 12.2 Å². The number of H-pyrrole nitrogens is 1. The summed E-state index contributed by atoms with van der Waals surface area (Å²) in [5, 5.41) is 14.6. The molecule has 1 aliphatic heterocycles. The van der Waals surface area contributed by atoms with Crippen molar-refractivity contribution >= 4 is 16.8 Å². The highest BCUT2D eigenvalue weighted by Gasteiger charge is 2.24. The standard InChI is InChI=1S/C24H30N4O4/c1-17(24(30)28-10-12-31-13-11-28)32-22-6-2-5-20-18(15-27-23(20)22)7-9-26-16-21(29)19-4-3-8-25-14-19/h2-6,8,14-15,17,21,26-27,29H,7,9-13,16H2,1H3/t17-,21+/m1/s1. The number of ether oxygens (including phenoxy) is 2. The fourth-order valence-corrected chi connectivity index (χ4v) is 3.92. The van der Waals surface area contributed by atoms with Crippen LogP contribution in [0, 0.1) is 0 Å². The molecule has 0 bridgehead atoms. The average molecular weight is 439 g/mol. The van der Waals surface area contributed by atoms with Gasteiger partial charge >= 0.3 is 0 Å². The van der Waals surface area contributed by atoms with E-state index in [2.05, 4.69) is 15.3 Å². The zero-order valence-corrected chi connectivity index (χ0v) is 18.3. The fourth-order valence-electron chi connectivity index (χ4n) is 3.92. The fraction of sp³-hybridized carbons (Fsp3) is 0.417. The molecule has 1 aromatic carbocycles. The molecule has 1 aliphatic rings. The maximum Gasteiger partial charge on any atom is 0.263 e. The summed E-state index contributed by atoms with van der Waals surface area (Å²) in [6.07, 6.45) is 4.99. The maximum absolute atomic E-state index is 12.7. The van der Waals surface area contributed by atoms with Crippen molar-refractivity contribution in [3.8, 4) is 5.75 Å².